The van der Waals surface area contributed by atoms with Crippen molar-refractivity contribution in [3.05, 3.63) is 110 Å². The van der Waals surface area contributed by atoms with Crippen molar-refractivity contribution in [3.63, 3.8) is 0 Å². The van der Waals surface area contributed by atoms with E-state index < -0.39 is 33.8 Å². The minimum atomic E-state index is -0.908. The number of pyridine rings is 2. The molecule has 1 amide bonds. The van der Waals surface area contributed by atoms with E-state index in [4.69, 9.17) is 26.8 Å². The van der Waals surface area contributed by atoms with Gasteiger partial charge in [-0.25, -0.2) is 8.78 Å². The first-order chi connectivity index (χ1) is 35.1. The lowest BCUT2D eigenvalue weighted by atomic mass is 9.68. The van der Waals surface area contributed by atoms with E-state index in [2.05, 4.69) is 10.3 Å². The molecule has 392 valence electrons. The second-order valence-electron chi connectivity index (χ2n) is 22.1. The minimum absolute atomic E-state index is 0.0484. The van der Waals surface area contributed by atoms with Gasteiger partial charge in [-0.15, -0.1) is 0 Å². The number of anilines is 1. The van der Waals surface area contributed by atoms with Crippen LogP contribution in [0.3, 0.4) is 0 Å². The molecule has 0 spiro atoms. The van der Waals surface area contributed by atoms with Crippen molar-refractivity contribution in [3.8, 4) is 11.5 Å². The summed E-state index contributed by atoms with van der Waals surface area (Å²) in [5.74, 6) is -1.22. The van der Waals surface area contributed by atoms with Gasteiger partial charge in [0, 0.05) is 53.5 Å². The maximum atomic E-state index is 17.1. The van der Waals surface area contributed by atoms with Crippen LogP contribution in [0.5, 0.6) is 11.5 Å². The standard InChI is InChI=1S/C61H83ClF2N4O4/c1-2-71-61(37-25-19-13-5-3-4-6-14-20-26-38-61)49-33-42-68(47-31-40-59-34-22-16-10-7-9-15-21-27-45(30-39-59)48(44-47)55(59)64)58(70)53(49)57(69)67-46-28-29-51(50(63)43-46)72-52-32-41-66-56(54(52)62)60(65)35-23-17-11-8-12-18-24-36-60/h28-29,31-33,40-45H,2-27,30,34-39,65H2,1H3,(H,67,69). The van der Waals surface area contributed by atoms with E-state index >= 15 is 18.4 Å². The van der Waals surface area contributed by atoms with Gasteiger partial charge < -0.3 is 20.5 Å². The molecule has 8 nitrogen and oxygen atoms in total. The van der Waals surface area contributed by atoms with Gasteiger partial charge in [0.15, 0.2) is 11.6 Å². The van der Waals surface area contributed by atoms with Crippen LogP contribution in [-0.4, -0.2) is 22.1 Å². The van der Waals surface area contributed by atoms with Crippen LogP contribution in [-0.2, 0) is 15.9 Å². The summed E-state index contributed by atoms with van der Waals surface area (Å²) in [6, 6.07) is 7.75. The Morgan fingerprint density at radius 1 is 0.750 bits per heavy atom. The van der Waals surface area contributed by atoms with Crippen molar-refractivity contribution >= 4 is 28.9 Å². The second kappa shape index (κ2) is 25.9. The molecule has 0 aliphatic heterocycles. The number of carbonyl (C=O) groups excluding carboxylic acids is 1. The van der Waals surface area contributed by atoms with E-state index in [1.807, 2.05) is 31.2 Å². The van der Waals surface area contributed by atoms with Crippen molar-refractivity contribution in [2.75, 3.05) is 11.9 Å². The molecule has 2 atom stereocenters. The quantitative estimate of drug-likeness (QED) is 0.221. The number of benzene rings is 1. The van der Waals surface area contributed by atoms with E-state index in [1.54, 1.807) is 24.5 Å². The van der Waals surface area contributed by atoms with Crippen LogP contribution < -0.4 is 21.3 Å². The summed E-state index contributed by atoms with van der Waals surface area (Å²) in [6.45, 7) is 2.37. The van der Waals surface area contributed by atoms with Gasteiger partial charge in [0.2, 0.25) is 0 Å². The molecule has 2 fully saturated rings. The van der Waals surface area contributed by atoms with Crippen LogP contribution in [0, 0.1) is 17.2 Å². The fraction of sp³-hybridized carbons (Fsp3) is 0.623. The summed E-state index contributed by atoms with van der Waals surface area (Å²) >= 11 is 7.01. The topological polar surface area (TPSA) is 108 Å². The Bertz CT molecular complexity index is 2440. The third-order valence-corrected chi connectivity index (χ3v) is 17.4. The van der Waals surface area contributed by atoms with Crippen LogP contribution in [0.1, 0.15) is 234 Å². The highest BCUT2D eigenvalue weighted by molar-refractivity contribution is 6.32. The second-order valence-corrected chi connectivity index (χ2v) is 22.5. The van der Waals surface area contributed by atoms with E-state index in [0.717, 1.165) is 128 Å². The smallest absolute Gasteiger partial charge is 0.268 e. The molecule has 0 radical (unpaired) electrons. The first-order valence-electron chi connectivity index (χ1n) is 28.5. The number of nitrogens with zero attached hydrogens (tertiary/aromatic N) is 2. The monoisotopic (exact) mass is 1010 g/mol. The average molecular weight is 1010 g/mol. The Morgan fingerprint density at radius 3 is 1.94 bits per heavy atom. The van der Waals surface area contributed by atoms with Crippen molar-refractivity contribution in [2.24, 2.45) is 17.1 Å². The zero-order valence-corrected chi connectivity index (χ0v) is 44.2. The Morgan fingerprint density at radius 2 is 1.33 bits per heavy atom. The van der Waals surface area contributed by atoms with Gasteiger partial charge in [-0.1, -0.05) is 172 Å². The molecule has 3 N–H and O–H groups in total. The normalized spacial score (nSPS) is 24.1. The molecule has 3 aromatic rings. The zero-order valence-electron chi connectivity index (χ0n) is 43.4. The van der Waals surface area contributed by atoms with E-state index in [9.17, 15) is 0 Å². The molecule has 3 bridgehead atoms. The van der Waals surface area contributed by atoms with Gasteiger partial charge in [-0.3, -0.25) is 19.1 Å². The number of allylic oxidation sites excluding steroid dienone is 6. The molecule has 2 saturated carbocycles. The van der Waals surface area contributed by atoms with Crippen molar-refractivity contribution in [2.45, 2.75) is 224 Å². The van der Waals surface area contributed by atoms with Crippen LogP contribution in [0.2, 0.25) is 5.02 Å². The molecule has 2 unspecified atom stereocenters. The maximum absolute atomic E-state index is 17.1. The van der Waals surface area contributed by atoms with Crippen LogP contribution in [0.4, 0.5) is 14.5 Å². The molecule has 0 saturated heterocycles. The lowest BCUT2D eigenvalue weighted by molar-refractivity contribution is -0.0611. The van der Waals surface area contributed by atoms with Gasteiger partial charge >= 0.3 is 0 Å². The fourth-order valence-electron chi connectivity index (χ4n) is 12.9. The highest BCUT2D eigenvalue weighted by atomic mass is 35.5. The molecular weight excluding hydrogens is 926 g/mol. The van der Waals surface area contributed by atoms with Gasteiger partial charge in [-0.05, 0) is 100 Å². The van der Waals surface area contributed by atoms with Gasteiger partial charge in [0.25, 0.3) is 11.5 Å². The number of hydrogen-bond donors (Lipinski definition) is 2. The predicted octanol–water partition coefficient (Wildman–Crippen LogP) is 17.2. The minimum Gasteiger partial charge on any atom is -0.453 e. The summed E-state index contributed by atoms with van der Waals surface area (Å²) in [4.78, 5) is 35.3. The number of carbonyl (C=O) groups is 1. The molecule has 8 rings (SSSR count). The molecule has 5 aliphatic carbocycles. The first-order valence-corrected chi connectivity index (χ1v) is 28.9. The molecule has 2 heterocycles. The number of rotatable bonds is 9. The zero-order chi connectivity index (χ0) is 50.4. The SMILES string of the molecule is CCOC1(c2ccn(C3=CC4=C(F)C5(C=C3)CCCCCCCCCC4CC5)c(=O)c2C(=O)Nc2ccc(Oc3ccnc(C4(N)CCCCCCCCC4)c3Cl)c(F)c2)CCCCCCCCCCCC1. The fourth-order valence-corrected chi connectivity index (χ4v) is 13.2. The third-order valence-electron chi connectivity index (χ3n) is 17.0. The predicted molar refractivity (Wildman–Crippen MR) is 289 cm³/mol. The molecule has 1 aromatic carbocycles. The largest absolute Gasteiger partial charge is 0.453 e. The van der Waals surface area contributed by atoms with Crippen LogP contribution in [0.15, 0.2) is 77.1 Å². The van der Waals surface area contributed by atoms with E-state index in [0.29, 0.717) is 42.0 Å². The summed E-state index contributed by atoms with van der Waals surface area (Å²) in [6.07, 6.45) is 41.8. The molecule has 11 heteroatoms. The summed E-state index contributed by atoms with van der Waals surface area (Å²) in [5, 5.41) is 3.19. The first kappa shape index (κ1) is 54.2. The Labute approximate surface area is 434 Å². The average Bonchev–Trinajstić information content (AvgIpc) is 3.42. The van der Waals surface area contributed by atoms with E-state index in [-0.39, 0.29) is 39.5 Å². The highest BCUT2D eigenvalue weighted by Gasteiger charge is 2.42. The molecule has 2 aromatic heterocycles. The molecule has 5 aliphatic rings. The lowest BCUT2D eigenvalue weighted by Crippen LogP contribution is -2.38. The van der Waals surface area contributed by atoms with E-state index in [1.165, 1.54) is 80.9 Å². The van der Waals surface area contributed by atoms with Crippen molar-refractivity contribution < 1.29 is 23.0 Å². The highest BCUT2D eigenvalue weighted by Crippen LogP contribution is 2.52. The van der Waals surface area contributed by atoms with Crippen molar-refractivity contribution in [1.29, 1.82) is 0 Å². The summed E-state index contributed by atoms with van der Waals surface area (Å²) in [7, 11) is 0. The lowest BCUT2D eigenvalue weighted by Gasteiger charge is -2.37. The Balaban J connectivity index is 1.15. The number of hydrogen-bond acceptors (Lipinski definition) is 6. The number of aromatic nitrogens is 2. The number of nitrogens with one attached hydrogen (secondary N) is 1. The number of nitrogens with two attached hydrogens (primary N) is 1. The summed E-state index contributed by atoms with van der Waals surface area (Å²) < 4.78 is 48.0. The third kappa shape index (κ3) is 13.0. The number of halogens is 3. The van der Waals surface area contributed by atoms with Gasteiger partial charge in [-0.2, -0.15) is 0 Å². The Kier molecular flexibility index (Phi) is 19.5. The van der Waals surface area contributed by atoms with Gasteiger partial charge in [0.1, 0.15) is 22.2 Å². The number of ether oxygens (including phenoxy) is 2. The number of amides is 1. The maximum Gasteiger partial charge on any atom is 0.268 e. The molecule has 72 heavy (non-hydrogen) atoms. The Hall–Kier alpha value is -4.12. The summed E-state index contributed by atoms with van der Waals surface area (Å²) in [5.41, 5.74) is 6.66. The van der Waals surface area contributed by atoms with Crippen LogP contribution >= 0.6 is 11.6 Å². The van der Waals surface area contributed by atoms with Crippen LogP contribution in [0.25, 0.3) is 5.70 Å². The van der Waals surface area contributed by atoms with Crippen molar-refractivity contribution in [1.82, 2.24) is 9.55 Å². The van der Waals surface area contributed by atoms with Gasteiger partial charge in [0.05, 0.1) is 16.8 Å². The molecular formula is C61H83ClF2N4O4.